The molecule has 0 atom stereocenters. The SMILES string of the molecule is Cc1ccc(C#N)cc1C#CCCS. The molecule has 0 amide bonds. The molecule has 0 bridgehead atoms. The van der Waals surface area contributed by atoms with Gasteiger partial charge in [-0.2, -0.15) is 17.9 Å². The van der Waals surface area contributed by atoms with Crippen molar-refractivity contribution >= 4 is 12.6 Å². The fraction of sp³-hybridized carbons (Fsp3) is 0.250. The quantitative estimate of drug-likeness (QED) is 0.548. The van der Waals surface area contributed by atoms with Crippen LogP contribution in [-0.2, 0) is 0 Å². The highest BCUT2D eigenvalue weighted by atomic mass is 32.1. The minimum atomic E-state index is 0.658. The maximum absolute atomic E-state index is 8.71. The van der Waals surface area contributed by atoms with Crippen molar-refractivity contribution in [2.24, 2.45) is 0 Å². The standard InChI is InChI=1S/C12H11NS/c1-10-5-6-11(9-13)8-12(10)4-2-3-7-14/h5-6,8,14H,3,7H2,1H3. The summed E-state index contributed by atoms with van der Waals surface area (Å²) in [5.41, 5.74) is 2.70. The topological polar surface area (TPSA) is 23.8 Å². The molecule has 0 saturated heterocycles. The van der Waals surface area contributed by atoms with Gasteiger partial charge in [0.25, 0.3) is 0 Å². The first-order chi connectivity index (χ1) is 6.77. The van der Waals surface area contributed by atoms with Gasteiger partial charge in [0.2, 0.25) is 0 Å². The highest BCUT2D eigenvalue weighted by Gasteiger charge is 1.96. The Morgan fingerprint density at radius 2 is 2.21 bits per heavy atom. The number of nitriles is 1. The van der Waals surface area contributed by atoms with Crippen molar-refractivity contribution in [3.8, 4) is 17.9 Å². The molecule has 0 aromatic heterocycles. The molecule has 0 heterocycles. The number of hydrogen-bond donors (Lipinski definition) is 1. The summed E-state index contributed by atoms with van der Waals surface area (Å²) in [6, 6.07) is 7.65. The predicted octanol–water partition coefficient (Wildman–Crippen LogP) is 2.54. The van der Waals surface area contributed by atoms with Gasteiger partial charge in [-0.1, -0.05) is 17.9 Å². The number of thiol groups is 1. The Labute approximate surface area is 90.2 Å². The van der Waals surface area contributed by atoms with Gasteiger partial charge in [-0.25, -0.2) is 0 Å². The molecule has 0 fully saturated rings. The molecule has 0 unspecified atom stereocenters. The van der Waals surface area contributed by atoms with Crippen LogP contribution in [0.25, 0.3) is 0 Å². The lowest BCUT2D eigenvalue weighted by Crippen LogP contribution is -1.84. The predicted molar refractivity (Wildman–Crippen MR) is 61.2 cm³/mol. The highest BCUT2D eigenvalue weighted by Crippen LogP contribution is 2.09. The van der Waals surface area contributed by atoms with E-state index in [1.165, 1.54) is 0 Å². The Hall–Kier alpha value is -1.38. The Balaban J connectivity index is 2.98. The first-order valence-electron chi connectivity index (χ1n) is 4.38. The van der Waals surface area contributed by atoms with E-state index in [-0.39, 0.29) is 0 Å². The maximum Gasteiger partial charge on any atom is 0.0992 e. The van der Waals surface area contributed by atoms with Crippen molar-refractivity contribution in [2.45, 2.75) is 13.3 Å². The van der Waals surface area contributed by atoms with E-state index in [1.807, 2.05) is 19.1 Å². The van der Waals surface area contributed by atoms with E-state index in [4.69, 9.17) is 5.26 Å². The second-order valence-electron chi connectivity index (χ2n) is 2.92. The molecule has 1 aromatic carbocycles. The zero-order valence-electron chi connectivity index (χ0n) is 8.04. The Morgan fingerprint density at radius 3 is 2.86 bits per heavy atom. The zero-order chi connectivity index (χ0) is 10.4. The van der Waals surface area contributed by atoms with Crippen LogP contribution in [0.3, 0.4) is 0 Å². The molecule has 70 valence electrons. The van der Waals surface area contributed by atoms with Crippen molar-refractivity contribution in [1.29, 1.82) is 5.26 Å². The van der Waals surface area contributed by atoms with Gasteiger partial charge < -0.3 is 0 Å². The molecule has 1 rings (SSSR count). The van der Waals surface area contributed by atoms with Crippen LogP contribution < -0.4 is 0 Å². The average molecular weight is 201 g/mol. The van der Waals surface area contributed by atoms with Crippen LogP contribution in [-0.4, -0.2) is 5.75 Å². The van der Waals surface area contributed by atoms with Crippen molar-refractivity contribution in [3.05, 3.63) is 34.9 Å². The third-order valence-corrected chi connectivity index (χ3v) is 2.05. The van der Waals surface area contributed by atoms with Crippen LogP contribution >= 0.6 is 12.6 Å². The van der Waals surface area contributed by atoms with Gasteiger partial charge in [0, 0.05) is 17.7 Å². The molecule has 14 heavy (non-hydrogen) atoms. The monoisotopic (exact) mass is 201 g/mol. The van der Waals surface area contributed by atoms with Crippen molar-refractivity contribution in [3.63, 3.8) is 0 Å². The van der Waals surface area contributed by atoms with Crippen molar-refractivity contribution < 1.29 is 0 Å². The Morgan fingerprint density at radius 1 is 1.43 bits per heavy atom. The molecular weight excluding hydrogens is 190 g/mol. The van der Waals surface area contributed by atoms with Gasteiger partial charge >= 0.3 is 0 Å². The van der Waals surface area contributed by atoms with Crippen molar-refractivity contribution in [1.82, 2.24) is 0 Å². The van der Waals surface area contributed by atoms with E-state index in [0.717, 1.165) is 23.3 Å². The lowest BCUT2D eigenvalue weighted by molar-refractivity contribution is 1.31. The largest absolute Gasteiger partial charge is 0.192 e. The summed E-state index contributed by atoms with van der Waals surface area (Å²) in [5, 5.41) is 8.71. The molecule has 0 aliphatic rings. The summed E-state index contributed by atoms with van der Waals surface area (Å²) >= 11 is 4.08. The summed E-state index contributed by atoms with van der Waals surface area (Å²) in [6.45, 7) is 1.99. The van der Waals surface area contributed by atoms with Crippen LogP contribution in [0, 0.1) is 30.1 Å². The molecule has 0 radical (unpaired) electrons. The van der Waals surface area contributed by atoms with Crippen LogP contribution in [0.5, 0.6) is 0 Å². The van der Waals surface area contributed by atoms with Crippen LogP contribution in [0.1, 0.15) is 23.1 Å². The number of benzene rings is 1. The van der Waals surface area contributed by atoms with Gasteiger partial charge in [-0.3, -0.25) is 0 Å². The van der Waals surface area contributed by atoms with Gasteiger partial charge in [0.15, 0.2) is 0 Å². The number of rotatable bonds is 1. The third kappa shape index (κ3) is 2.83. The van der Waals surface area contributed by atoms with Crippen LogP contribution in [0.15, 0.2) is 18.2 Å². The third-order valence-electron chi connectivity index (χ3n) is 1.83. The minimum Gasteiger partial charge on any atom is -0.192 e. The summed E-state index contributed by atoms with van der Waals surface area (Å²) in [6.07, 6.45) is 0.777. The van der Waals surface area contributed by atoms with E-state index in [2.05, 4.69) is 30.5 Å². The Kier molecular flexibility index (Phi) is 4.11. The highest BCUT2D eigenvalue weighted by molar-refractivity contribution is 7.80. The van der Waals surface area contributed by atoms with E-state index in [1.54, 1.807) is 6.07 Å². The second-order valence-corrected chi connectivity index (χ2v) is 3.36. The first-order valence-corrected chi connectivity index (χ1v) is 5.01. The molecule has 2 heteroatoms. The molecule has 0 N–H and O–H groups in total. The Bertz CT molecular complexity index is 418. The van der Waals surface area contributed by atoms with E-state index in [9.17, 15) is 0 Å². The van der Waals surface area contributed by atoms with Crippen LogP contribution in [0.4, 0.5) is 0 Å². The summed E-state index contributed by atoms with van der Waals surface area (Å²) < 4.78 is 0. The van der Waals surface area contributed by atoms with Gasteiger partial charge in [-0.05, 0) is 24.6 Å². The normalized spacial score (nSPS) is 8.64. The lowest BCUT2D eigenvalue weighted by Gasteiger charge is -1.97. The van der Waals surface area contributed by atoms with Gasteiger partial charge in [-0.15, -0.1) is 0 Å². The smallest absolute Gasteiger partial charge is 0.0992 e. The fourth-order valence-corrected chi connectivity index (χ4v) is 1.15. The van der Waals surface area contributed by atoms with Gasteiger partial charge in [0.1, 0.15) is 0 Å². The molecule has 0 spiro atoms. The molecule has 0 aliphatic carbocycles. The molecular formula is C12H11NS. The summed E-state index contributed by atoms with van der Waals surface area (Å²) in [5.74, 6) is 6.81. The summed E-state index contributed by atoms with van der Waals surface area (Å²) in [7, 11) is 0. The first kappa shape index (κ1) is 10.7. The van der Waals surface area contributed by atoms with Crippen molar-refractivity contribution in [2.75, 3.05) is 5.75 Å². The molecule has 0 aliphatic heterocycles. The number of hydrogen-bond acceptors (Lipinski definition) is 2. The van der Waals surface area contributed by atoms with E-state index >= 15 is 0 Å². The fourth-order valence-electron chi connectivity index (χ4n) is 1.04. The minimum absolute atomic E-state index is 0.658. The van der Waals surface area contributed by atoms with E-state index < -0.39 is 0 Å². The summed E-state index contributed by atoms with van der Waals surface area (Å²) in [4.78, 5) is 0. The number of aryl methyl sites for hydroxylation is 1. The molecule has 1 aromatic rings. The van der Waals surface area contributed by atoms with Gasteiger partial charge in [0.05, 0.1) is 11.6 Å². The molecule has 0 saturated carbocycles. The van der Waals surface area contributed by atoms with Crippen LogP contribution in [0.2, 0.25) is 0 Å². The zero-order valence-corrected chi connectivity index (χ0v) is 8.94. The number of nitrogens with zero attached hydrogens (tertiary/aromatic N) is 1. The lowest BCUT2D eigenvalue weighted by atomic mass is 10.1. The maximum atomic E-state index is 8.71. The second kappa shape index (κ2) is 5.37. The average Bonchev–Trinajstić information content (AvgIpc) is 2.21. The molecule has 1 nitrogen and oxygen atoms in total. The van der Waals surface area contributed by atoms with E-state index in [0.29, 0.717) is 5.56 Å².